The maximum Gasteiger partial charge on any atom is 0.245 e. The molecule has 1 N–H and O–H groups in total. The molecule has 1 fully saturated rings. The zero-order valence-electron chi connectivity index (χ0n) is 11.8. The molecule has 0 saturated carbocycles. The van der Waals surface area contributed by atoms with Crippen LogP contribution in [0.2, 0.25) is 0 Å². The molecule has 0 aromatic heterocycles. The first-order chi connectivity index (χ1) is 8.36. The molecule has 0 aliphatic carbocycles. The van der Waals surface area contributed by atoms with Crippen molar-refractivity contribution in [2.24, 2.45) is 5.41 Å². The van der Waals surface area contributed by atoms with Crippen molar-refractivity contribution in [1.82, 2.24) is 10.2 Å². The van der Waals surface area contributed by atoms with Crippen LogP contribution in [0.15, 0.2) is 0 Å². The standard InChI is InChI=1S/C13H24N2O2S/c1-5-18-9-8-15-7-6-10(16)14-11(12(15)17)13(2,3)4/h11H,5-9H2,1-4H3,(H,14,16). The number of rotatable bonds is 4. The Labute approximate surface area is 114 Å². The van der Waals surface area contributed by atoms with Crippen LogP contribution in [0.4, 0.5) is 0 Å². The van der Waals surface area contributed by atoms with E-state index in [4.69, 9.17) is 0 Å². The van der Waals surface area contributed by atoms with E-state index in [1.165, 1.54) is 0 Å². The molecule has 5 heteroatoms. The Morgan fingerprint density at radius 3 is 2.61 bits per heavy atom. The van der Waals surface area contributed by atoms with Gasteiger partial charge in [-0.05, 0) is 11.2 Å². The summed E-state index contributed by atoms with van der Waals surface area (Å²) in [4.78, 5) is 25.9. The molecule has 18 heavy (non-hydrogen) atoms. The van der Waals surface area contributed by atoms with E-state index < -0.39 is 6.04 Å². The van der Waals surface area contributed by atoms with Crippen molar-refractivity contribution in [1.29, 1.82) is 0 Å². The third kappa shape index (κ3) is 4.19. The van der Waals surface area contributed by atoms with Crippen LogP contribution in [0.25, 0.3) is 0 Å². The molecule has 0 bridgehead atoms. The number of hydrogen-bond donors (Lipinski definition) is 1. The van der Waals surface area contributed by atoms with Crippen LogP contribution < -0.4 is 5.32 Å². The fourth-order valence-corrected chi connectivity index (χ4v) is 2.59. The van der Waals surface area contributed by atoms with E-state index in [0.29, 0.717) is 13.0 Å². The topological polar surface area (TPSA) is 49.4 Å². The molecule has 0 radical (unpaired) electrons. The van der Waals surface area contributed by atoms with Gasteiger partial charge < -0.3 is 10.2 Å². The maximum atomic E-state index is 12.4. The van der Waals surface area contributed by atoms with E-state index in [0.717, 1.165) is 18.1 Å². The highest BCUT2D eigenvalue weighted by atomic mass is 32.2. The van der Waals surface area contributed by atoms with Crippen molar-refractivity contribution >= 4 is 23.6 Å². The number of carbonyl (C=O) groups is 2. The Hall–Kier alpha value is -0.710. The van der Waals surface area contributed by atoms with Crippen LogP contribution in [0, 0.1) is 5.41 Å². The fourth-order valence-electron chi connectivity index (χ4n) is 1.95. The minimum Gasteiger partial charge on any atom is -0.344 e. The first-order valence-electron chi connectivity index (χ1n) is 6.52. The number of hydrogen-bond acceptors (Lipinski definition) is 3. The lowest BCUT2D eigenvalue weighted by Gasteiger charge is -2.32. The summed E-state index contributed by atoms with van der Waals surface area (Å²) in [6, 6.07) is -0.404. The van der Waals surface area contributed by atoms with Crippen molar-refractivity contribution < 1.29 is 9.59 Å². The van der Waals surface area contributed by atoms with E-state index >= 15 is 0 Å². The predicted octanol–water partition coefficient (Wildman–Crippen LogP) is 1.50. The highest BCUT2D eigenvalue weighted by Gasteiger charge is 2.37. The molecule has 0 aromatic carbocycles. The summed E-state index contributed by atoms with van der Waals surface area (Å²) in [5.41, 5.74) is -0.243. The van der Waals surface area contributed by atoms with E-state index in [-0.39, 0.29) is 17.2 Å². The second-order valence-corrected chi connectivity index (χ2v) is 7.03. The molecule has 1 unspecified atom stereocenters. The van der Waals surface area contributed by atoms with Crippen LogP contribution in [0.1, 0.15) is 34.1 Å². The van der Waals surface area contributed by atoms with Gasteiger partial charge in [0.15, 0.2) is 0 Å². The third-order valence-corrected chi connectivity index (χ3v) is 3.93. The van der Waals surface area contributed by atoms with Gasteiger partial charge in [-0.3, -0.25) is 9.59 Å². The summed E-state index contributed by atoms with van der Waals surface area (Å²) in [5.74, 6) is 2.04. The van der Waals surface area contributed by atoms with Gasteiger partial charge in [0, 0.05) is 25.3 Å². The van der Waals surface area contributed by atoms with Gasteiger partial charge in [-0.15, -0.1) is 0 Å². The van der Waals surface area contributed by atoms with Crippen LogP contribution in [-0.4, -0.2) is 47.4 Å². The normalized spacial score (nSPS) is 21.8. The van der Waals surface area contributed by atoms with E-state index in [2.05, 4.69) is 12.2 Å². The minimum absolute atomic E-state index is 0.0195. The Morgan fingerprint density at radius 1 is 1.39 bits per heavy atom. The Morgan fingerprint density at radius 2 is 2.06 bits per heavy atom. The molecule has 1 saturated heterocycles. The van der Waals surface area contributed by atoms with Gasteiger partial charge in [-0.25, -0.2) is 0 Å². The molecular weight excluding hydrogens is 248 g/mol. The lowest BCUT2D eigenvalue weighted by molar-refractivity contribution is -0.136. The highest BCUT2D eigenvalue weighted by Crippen LogP contribution is 2.23. The zero-order valence-corrected chi connectivity index (χ0v) is 12.6. The smallest absolute Gasteiger partial charge is 0.245 e. The van der Waals surface area contributed by atoms with E-state index in [1.54, 1.807) is 0 Å². The van der Waals surface area contributed by atoms with Crippen LogP contribution in [-0.2, 0) is 9.59 Å². The number of carbonyl (C=O) groups excluding carboxylic acids is 2. The third-order valence-electron chi connectivity index (χ3n) is 3.05. The molecule has 1 aliphatic heterocycles. The molecule has 1 aliphatic rings. The first-order valence-corrected chi connectivity index (χ1v) is 7.67. The van der Waals surface area contributed by atoms with Crippen molar-refractivity contribution in [2.75, 3.05) is 24.6 Å². The van der Waals surface area contributed by atoms with Crippen LogP contribution >= 0.6 is 11.8 Å². The predicted molar refractivity (Wildman–Crippen MR) is 75.6 cm³/mol. The molecule has 1 atom stereocenters. The van der Waals surface area contributed by atoms with Crippen molar-refractivity contribution in [3.63, 3.8) is 0 Å². The summed E-state index contributed by atoms with van der Waals surface area (Å²) in [6.45, 7) is 9.35. The molecule has 2 amide bonds. The summed E-state index contributed by atoms with van der Waals surface area (Å²) < 4.78 is 0. The van der Waals surface area contributed by atoms with E-state index in [1.807, 2.05) is 37.4 Å². The maximum absolute atomic E-state index is 12.4. The fraction of sp³-hybridized carbons (Fsp3) is 0.846. The lowest BCUT2D eigenvalue weighted by Crippen LogP contribution is -2.52. The molecule has 0 aromatic rings. The van der Waals surface area contributed by atoms with Crippen molar-refractivity contribution in [3.05, 3.63) is 0 Å². The Kier molecular flexibility index (Phi) is 5.50. The molecule has 104 valence electrons. The van der Waals surface area contributed by atoms with Crippen LogP contribution in [0.5, 0.6) is 0 Å². The number of thioether (sulfide) groups is 1. The molecule has 1 heterocycles. The molecular formula is C13H24N2O2S. The largest absolute Gasteiger partial charge is 0.344 e. The minimum atomic E-state index is -0.404. The molecule has 1 rings (SSSR count). The molecule has 4 nitrogen and oxygen atoms in total. The lowest BCUT2D eigenvalue weighted by atomic mass is 9.86. The summed E-state index contributed by atoms with van der Waals surface area (Å²) in [7, 11) is 0. The highest BCUT2D eigenvalue weighted by molar-refractivity contribution is 7.99. The SMILES string of the molecule is CCSCCN1CCC(=O)NC(C(C)(C)C)C1=O. The van der Waals surface area contributed by atoms with Gasteiger partial charge in [0.2, 0.25) is 11.8 Å². The molecule has 0 spiro atoms. The zero-order chi connectivity index (χ0) is 13.8. The van der Waals surface area contributed by atoms with E-state index in [9.17, 15) is 9.59 Å². The van der Waals surface area contributed by atoms with Gasteiger partial charge in [-0.1, -0.05) is 27.7 Å². The van der Waals surface area contributed by atoms with Gasteiger partial charge in [0.25, 0.3) is 0 Å². The van der Waals surface area contributed by atoms with Crippen LogP contribution in [0.3, 0.4) is 0 Å². The summed E-state index contributed by atoms with van der Waals surface area (Å²) in [6.07, 6.45) is 0.412. The second kappa shape index (κ2) is 6.45. The van der Waals surface area contributed by atoms with Gasteiger partial charge >= 0.3 is 0 Å². The Balaban J connectivity index is 2.73. The average molecular weight is 272 g/mol. The average Bonchev–Trinajstić information content (AvgIpc) is 2.41. The number of nitrogens with one attached hydrogen (secondary N) is 1. The van der Waals surface area contributed by atoms with Crippen molar-refractivity contribution in [2.45, 2.75) is 40.2 Å². The van der Waals surface area contributed by atoms with Gasteiger partial charge in [0.1, 0.15) is 6.04 Å². The first kappa shape index (κ1) is 15.3. The number of nitrogens with zero attached hydrogens (tertiary/aromatic N) is 1. The summed E-state index contributed by atoms with van der Waals surface area (Å²) in [5, 5.41) is 2.85. The quantitative estimate of drug-likeness (QED) is 0.789. The van der Waals surface area contributed by atoms with Gasteiger partial charge in [-0.2, -0.15) is 11.8 Å². The second-order valence-electron chi connectivity index (χ2n) is 5.64. The summed E-state index contributed by atoms with van der Waals surface area (Å²) >= 11 is 1.82. The number of amides is 2. The van der Waals surface area contributed by atoms with Crippen molar-refractivity contribution in [3.8, 4) is 0 Å². The van der Waals surface area contributed by atoms with Gasteiger partial charge in [0.05, 0.1) is 0 Å². The monoisotopic (exact) mass is 272 g/mol. The Bertz CT molecular complexity index is 313.